The highest BCUT2D eigenvalue weighted by atomic mass is 32.2. The molecular formula is C15H24N2O4S. The number of nitrogens with zero attached hydrogens (tertiary/aromatic N) is 1. The number of nitrogens with one attached hydrogen (secondary N) is 1. The van der Waals surface area contributed by atoms with Gasteiger partial charge in [-0.1, -0.05) is 6.42 Å². The summed E-state index contributed by atoms with van der Waals surface area (Å²) in [5.74, 6) is 0.767. The van der Waals surface area contributed by atoms with Crippen LogP contribution in [0.2, 0.25) is 0 Å². The van der Waals surface area contributed by atoms with Gasteiger partial charge in [0.25, 0.3) is 0 Å². The van der Waals surface area contributed by atoms with Crippen molar-refractivity contribution in [1.82, 2.24) is 10.2 Å². The molecule has 2 fully saturated rings. The summed E-state index contributed by atoms with van der Waals surface area (Å²) >= 11 is 0. The van der Waals surface area contributed by atoms with Crippen molar-refractivity contribution >= 4 is 9.84 Å². The number of hydrogen-bond acceptors (Lipinski definition) is 6. The minimum absolute atomic E-state index is 0.0129. The van der Waals surface area contributed by atoms with Crippen molar-refractivity contribution in [3.05, 3.63) is 24.2 Å². The highest BCUT2D eigenvalue weighted by molar-refractivity contribution is 7.91. The lowest BCUT2D eigenvalue weighted by atomic mass is 10.1. The van der Waals surface area contributed by atoms with E-state index in [2.05, 4.69) is 10.2 Å². The first-order valence-corrected chi connectivity index (χ1v) is 9.77. The average molecular weight is 328 g/mol. The molecule has 2 saturated heterocycles. The molecular weight excluding hydrogens is 304 g/mol. The second-order valence-corrected chi connectivity index (χ2v) is 8.44. The number of likely N-dealkylation sites (tertiary alicyclic amines) is 1. The van der Waals surface area contributed by atoms with Crippen LogP contribution in [0.1, 0.15) is 31.1 Å². The fraction of sp³-hybridized carbons (Fsp3) is 0.733. The zero-order chi connectivity index (χ0) is 15.6. The van der Waals surface area contributed by atoms with E-state index in [9.17, 15) is 13.5 Å². The van der Waals surface area contributed by atoms with Crippen LogP contribution < -0.4 is 5.32 Å². The van der Waals surface area contributed by atoms with Gasteiger partial charge in [-0.05, 0) is 38.1 Å². The largest absolute Gasteiger partial charge is 0.468 e. The molecule has 0 unspecified atom stereocenters. The van der Waals surface area contributed by atoms with Crippen LogP contribution in [0.25, 0.3) is 0 Å². The lowest BCUT2D eigenvalue weighted by molar-refractivity contribution is 0.124. The van der Waals surface area contributed by atoms with Crippen molar-refractivity contribution in [1.29, 1.82) is 0 Å². The van der Waals surface area contributed by atoms with Gasteiger partial charge >= 0.3 is 0 Å². The summed E-state index contributed by atoms with van der Waals surface area (Å²) in [6.45, 7) is 2.64. The van der Waals surface area contributed by atoms with Gasteiger partial charge in [-0.3, -0.25) is 4.90 Å². The zero-order valence-corrected chi connectivity index (χ0v) is 13.5. The maximum Gasteiger partial charge on any atom is 0.154 e. The highest BCUT2D eigenvalue weighted by Gasteiger charge is 2.37. The minimum atomic E-state index is -3.12. The molecule has 3 heterocycles. The van der Waals surface area contributed by atoms with E-state index in [1.165, 1.54) is 19.3 Å². The Hall–Kier alpha value is -0.890. The van der Waals surface area contributed by atoms with Crippen LogP contribution in [0.3, 0.4) is 0 Å². The Morgan fingerprint density at radius 2 is 2.09 bits per heavy atom. The summed E-state index contributed by atoms with van der Waals surface area (Å²) in [4.78, 5) is 2.38. The molecule has 0 aliphatic carbocycles. The molecule has 1 aromatic rings. The first-order chi connectivity index (χ1) is 10.6. The van der Waals surface area contributed by atoms with Crippen molar-refractivity contribution in [2.45, 2.75) is 37.5 Å². The lowest BCUT2D eigenvalue weighted by Gasteiger charge is -2.34. The van der Waals surface area contributed by atoms with Crippen LogP contribution >= 0.6 is 0 Å². The molecule has 0 saturated carbocycles. The van der Waals surface area contributed by atoms with Crippen molar-refractivity contribution in [2.24, 2.45) is 0 Å². The quantitative estimate of drug-likeness (QED) is 0.821. The van der Waals surface area contributed by atoms with Gasteiger partial charge in [0, 0.05) is 12.6 Å². The molecule has 3 atom stereocenters. The maximum atomic E-state index is 11.6. The number of sulfone groups is 1. The summed E-state index contributed by atoms with van der Waals surface area (Å²) in [7, 11) is -3.12. The van der Waals surface area contributed by atoms with Crippen molar-refractivity contribution in [3.63, 3.8) is 0 Å². The zero-order valence-electron chi connectivity index (χ0n) is 12.6. The van der Waals surface area contributed by atoms with E-state index >= 15 is 0 Å². The molecule has 1 aromatic heterocycles. The third-order valence-corrected chi connectivity index (χ3v) is 6.32. The maximum absolute atomic E-state index is 11.6. The average Bonchev–Trinajstić information content (AvgIpc) is 3.09. The monoisotopic (exact) mass is 328 g/mol. The van der Waals surface area contributed by atoms with Crippen molar-refractivity contribution < 1.29 is 17.9 Å². The highest BCUT2D eigenvalue weighted by Crippen LogP contribution is 2.25. The van der Waals surface area contributed by atoms with Gasteiger partial charge in [0.1, 0.15) is 5.76 Å². The topological polar surface area (TPSA) is 82.8 Å². The fourth-order valence-electron chi connectivity index (χ4n) is 3.41. The van der Waals surface area contributed by atoms with Gasteiger partial charge in [0.05, 0.1) is 29.9 Å². The van der Waals surface area contributed by atoms with Gasteiger partial charge in [-0.15, -0.1) is 0 Å². The molecule has 0 radical (unpaired) electrons. The van der Waals surface area contributed by atoms with E-state index in [1.54, 1.807) is 6.26 Å². The Morgan fingerprint density at radius 3 is 2.68 bits per heavy atom. The van der Waals surface area contributed by atoms with Crippen LogP contribution in [0.4, 0.5) is 0 Å². The second-order valence-electron chi connectivity index (χ2n) is 6.29. The molecule has 2 N–H and O–H groups in total. The van der Waals surface area contributed by atoms with Crippen LogP contribution in [0, 0.1) is 0 Å². The summed E-state index contributed by atoms with van der Waals surface area (Å²) in [6, 6.07) is 3.54. The van der Waals surface area contributed by atoms with Crippen LogP contribution in [0.5, 0.6) is 0 Å². The van der Waals surface area contributed by atoms with Gasteiger partial charge in [0.2, 0.25) is 0 Å². The summed E-state index contributed by atoms with van der Waals surface area (Å²) in [5.41, 5.74) is 0. The van der Waals surface area contributed by atoms with E-state index in [4.69, 9.17) is 4.42 Å². The normalized spacial score (nSPS) is 30.4. The van der Waals surface area contributed by atoms with Crippen LogP contribution in [-0.2, 0) is 9.84 Å². The smallest absolute Gasteiger partial charge is 0.154 e. The predicted molar refractivity (Wildman–Crippen MR) is 83.3 cm³/mol. The van der Waals surface area contributed by atoms with E-state index < -0.39 is 15.9 Å². The molecule has 7 heteroatoms. The van der Waals surface area contributed by atoms with Gasteiger partial charge in [-0.25, -0.2) is 8.42 Å². The molecule has 22 heavy (non-hydrogen) atoms. The van der Waals surface area contributed by atoms with Crippen molar-refractivity contribution in [3.8, 4) is 0 Å². The first kappa shape index (κ1) is 16.0. The van der Waals surface area contributed by atoms with Crippen molar-refractivity contribution in [2.75, 3.05) is 31.1 Å². The molecule has 6 nitrogen and oxygen atoms in total. The van der Waals surface area contributed by atoms with Gasteiger partial charge in [0.15, 0.2) is 9.84 Å². The Balaban J connectivity index is 1.65. The Bertz CT molecular complexity index is 566. The molecule has 2 aliphatic rings. The van der Waals surface area contributed by atoms with E-state index in [-0.39, 0.29) is 23.6 Å². The third kappa shape index (κ3) is 3.71. The SMILES string of the molecule is O=S1(=O)C[C@H](NC[C@@H](c2ccco2)N2CCCCC2)[C@@H](O)C1. The fourth-order valence-corrected chi connectivity index (χ4v) is 5.18. The second kappa shape index (κ2) is 6.70. The molecule has 124 valence electrons. The molecule has 0 bridgehead atoms. The Morgan fingerprint density at radius 1 is 1.32 bits per heavy atom. The Labute approximate surface area is 131 Å². The van der Waals surface area contributed by atoms with E-state index in [0.29, 0.717) is 6.54 Å². The summed E-state index contributed by atoms with van der Waals surface area (Å²) in [6.07, 6.45) is 4.47. The van der Waals surface area contributed by atoms with Gasteiger partial charge < -0.3 is 14.8 Å². The minimum Gasteiger partial charge on any atom is -0.468 e. The molecule has 0 aromatic carbocycles. The first-order valence-electron chi connectivity index (χ1n) is 7.94. The van der Waals surface area contributed by atoms with Crippen LogP contribution in [-0.4, -0.2) is 61.7 Å². The predicted octanol–water partition coefficient (Wildman–Crippen LogP) is 0.554. The van der Waals surface area contributed by atoms with Crippen LogP contribution in [0.15, 0.2) is 22.8 Å². The number of furan rings is 1. The van der Waals surface area contributed by atoms with Gasteiger partial charge in [-0.2, -0.15) is 0 Å². The molecule has 0 amide bonds. The number of aliphatic hydroxyl groups excluding tert-OH is 1. The van der Waals surface area contributed by atoms with E-state index in [1.807, 2.05) is 12.1 Å². The standard InChI is InChI=1S/C15H24N2O4S/c18-14-11-22(19,20)10-12(14)16-9-13(15-5-4-8-21-15)17-6-2-1-3-7-17/h4-5,8,12-14,16,18H,1-3,6-7,9-11H2/t12-,13-,14-/m0/s1. The molecule has 3 rings (SSSR count). The molecule has 2 aliphatic heterocycles. The van der Waals surface area contributed by atoms with E-state index in [0.717, 1.165) is 18.8 Å². The number of aliphatic hydroxyl groups is 1. The summed E-state index contributed by atoms with van der Waals surface area (Å²) < 4.78 is 28.8. The molecule has 0 spiro atoms. The lowest BCUT2D eigenvalue weighted by Crippen LogP contribution is -2.45. The Kier molecular flexibility index (Phi) is 4.87. The number of piperidine rings is 1. The third-order valence-electron chi connectivity index (χ3n) is 4.60. The summed E-state index contributed by atoms with van der Waals surface area (Å²) in [5, 5.41) is 13.1. The number of rotatable bonds is 5. The number of hydrogen-bond donors (Lipinski definition) is 2.